The zero-order valence-electron chi connectivity index (χ0n) is 14.8. The number of amides is 1. The molecule has 0 saturated carbocycles. The molecule has 0 N–H and O–H groups in total. The summed E-state index contributed by atoms with van der Waals surface area (Å²) in [6.07, 6.45) is 7.16. The Bertz CT molecular complexity index is 884. The molecule has 7 nitrogen and oxygen atoms in total. The summed E-state index contributed by atoms with van der Waals surface area (Å²) in [5.74, 6) is 0.994. The lowest BCUT2D eigenvalue weighted by molar-refractivity contribution is 0.0719. The second-order valence-electron chi connectivity index (χ2n) is 6.63. The molecule has 1 aromatic carbocycles. The molecule has 3 heterocycles. The standard InChI is InChI=1S/C19H22N6O/c1-23-17(11-12-21-23)19(26)24-13-5-8-16(24)9-10-18-22-20-14-25(18)15-6-3-2-4-7-15/h2-4,6-7,11-12,14,16H,5,8-10,13H2,1H3. The molecule has 0 spiro atoms. The second-order valence-corrected chi connectivity index (χ2v) is 6.63. The zero-order valence-corrected chi connectivity index (χ0v) is 14.8. The summed E-state index contributed by atoms with van der Waals surface area (Å²) < 4.78 is 3.66. The molecule has 1 fully saturated rings. The molecule has 4 rings (SSSR count). The Morgan fingerprint density at radius 3 is 2.85 bits per heavy atom. The van der Waals surface area contributed by atoms with Gasteiger partial charge in [-0.3, -0.25) is 14.0 Å². The summed E-state index contributed by atoms with van der Waals surface area (Å²) in [4.78, 5) is 14.8. The molecule has 1 aliphatic rings. The van der Waals surface area contributed by atoms with Crippen LogP contribution in [0.25, 0.3) is 5.69 Å². The molecule has 0 bridgehead atoms. The molecule has 1 amide bonds. The Labute approximate surface area is 152 Å². The number of carbonyl (C=O) groups excluding carboxylic acids is 1. The van der Waals surface area contributed by atoms with Crippen LogP contribution in [-0.2, 0) is 13.5 Å². The Hall–Kier alpha value is -2.96. The van der Waals surface area contributed by atoms with Gasteiger partial charge in [-0.1, -0.05) is 18.2 Å². The highest BCUT2D eigenvalue weighted by Gasteiger charge is 2.30. The Morgan fingerprint density at radius 2 is 2.08 bits per heavy atom. The van der Waals surface area contributed by atoms with Gasteiger partial charge in [0.25, 0.3) is 5.91 Å². The van der Waals surface area contributed by atoms with E-state index in [4.69, 9.17) is 0 Å². The molecule has 0 radical (unpaired) electrons. The first-order chi connectivity index (χ1) is 12.7. The third-order valence-electron chi connectivity index (χ3n) is 5.03. The van der Waals surface area contributed by atoms with Crippen molar-refractivity contribution in [2.45, 2.75) is 31.7 Å². The van der Waals surface area contributed by atoms with Crippen molar-refractivity contribution >= 4 is 5.91 Å². The number of para-hydroxylation sites is 1. The normalized spacial score (nSPS) is 17.0. The van der Waals surface area contributed by atoms with Crippen molar-refractivity contribution in [2.24, 2.45) is 7.05 Å². The minimum atomic E-state index is 0.0667. The van der Waals surface area contributed by atoms with Gasteiger partial charge in [-0.15, -0.1) is 10.2 Å². The monoisotopic (exact) mass is 350 g/mol. The third-order valence-corrected chi connectivity index (χ3v) is 5.03. The molecule has 3 aromatic rings. The first-order valence-electron chi connectivity index (χ1n) is 8.97. The molecule has 134 valence electrons. The molecular formula is C19H22N6O. The molecule has 1 unspecified atom stereocenters. The summed E-state index contributed by atoms with van der Waals surface area (Å²) in [6.45, 7) is 0.806. The van der Waals surface area contributed by atoms with Crippen molar-refractivity contribution in [1.82, 2.24) is 29.4 Å². The van der Waals surface area contributed by atoms with E-state index in [1.165, 1.54) is 0 Å². The van der Waals surface area contributed by atoms with Crippen LogP contribution in [0.1, 0.15) is 35.6 Å². The summed E-state index contributed by atoms with van der Waals surface area (Å²) in [7, 11) is 1.81. The number of nitrogens with zero attached hydrogens (tertiary/aromatic N) is 6. The highest BCUT2D eigenvalue weighted by Crippen LogP contribution is 2.24. The van der Waals surface area contributed by atoms with E-state index in [9.17, 15) is 4.79 Å². The van der Waals surface area contributed by atoms with Crippen molar-refractivity contribution in [1.29, 1.82) is 0 Å². The van der Waals surface area contributed by atoms with Crippen LogP contribution in [0.15, 0.2) is 48.9 Å². The number of benzene rings is 1. The lowest BCUT2D eigenvalue weighted by Crippen LogP contribution is -2.37. The fourth-order valence-corrected chi connectivity index (χ4v) is 3.66. The molecular weight excluding hydrogens is 328 g/mol. The molecule has 1 atom stereocenters. The van der Waals surface area contributed by atoms with Gasteiger partial charge < -0.3 is 4.90 Å². The SMILES string of the molecule is Cn1nccc1C(=O)N1CCCC1CCc1nncn1-c1ccccc1. The zero-order chi connectivity index (χ0) is 17.9. The van der Waals surface area contributed by atoms with Crippen LogP contribution in [0.3, 0.4) is 0 Å². The van der Waals surface area contributed by atoms with Crippen molar-refractivity contribution < 1.29 is 4.79 Å². The number of hydrogen-bond acceptors (Lipinski definition) is 4. The quantitative estimate of drug-likeness (QED) is 0.708. The predicted octanol–water partition coefficient (Wildman–Crippen LogP) is 2.24. The Balaban J connectivity index is 1.46. The summed E-state index contributed by atoms with van der Waals surface area (Å²) in [5, 5.41) is 12.5. The number of aromatic nitrogens is 5. The topological polar surface area (TPSA) is 68.8 Å². The fraction of sp³-hybridized carbons (Fsp3) is 0.368. The van der Waals surface area contributed by atoms with Gasteiger partial charge in [0, 0.05) is 37.9 Å². The van der Waals surface area contributed by atoms with E-state index in [1.54, 1.807) is 30.3 Å². The fourth-order valence-electron chi connectivity index (χ4n) is 3.66. The van der Waals surface area contributed by atoms with Crippen molar-refractivity contribution in [2.75, 3.05) is 6.54 Å². The van der Waals surface area contributed by atoms with Crippen LogP contribution in [0.5, 0.6) is 0 Å². The minimum absolute atomic E-state index is 0.0667. The van der Waals surface area contributed by atoms with Gasteiger partial charge in [0.05, 0.1) is 0 Å². The van der Waals surface area contributed by atoms with Crippen LogP contribution in [0.4, 0.5) is 0 Å². The lowest BCUT2D eigenvalue weighted by Gasteiger charge is -2.24. The number of hydrogen-bond donors (Lipinski definition) is 0. The molecule has 1 saturated heterocycles. The first-order valence-corrected chi connectivity index (χ1v) is 8.97. The lowest BCUT2D eigenvalue weighted by atomic mass is 10.1. The maximum Gasteiger partial charge on any atom is 0.272 e. The highest BCUT2D eigenvalue weighted by atomic mass is 16.2. The number of aryl methyl sites for hydroxylation is 2. The average molecular weight is 350 g/mol. The van der Waals surface area contributed by atoms with Gasteiger partial charge in [0.15, 0.2) is 0 Å². The van der Waals surface area contributed by atoms with Gasteiger partial charge in [0.2, 0.25) is 0 Å². The van der Waals surface area contributed by atoms with E-state index < -0.39 is 0 Å². The Kier molecular flexibility index (Phi) is 4.51. The van der Waals surface area contributed by atoms with E-state index in [1.807, 2.05) is 39.8 Å². The minimum Gasteiger partial charge on any atom is -0.334 e. The number of likely N-dealkylation sites (tertiary alicyclic amines) is 1. The van der Waals surface area contributed by atoms with Crippen LogP contribution < -0.4 is 0 Å². The van der Waals surface area contributed by atoms with Crippen LogP contribution in [0, 0.1) is 0 Å². The third kappa shape index (κ3) is 3.12. The number of carbonyl (C=O) groups is 1. The predicted molar refractivity (Wildman–Crippen MR) is 96.9 cm³/mol. The van der Waals surface area contributed by atoms with E-state index in [0.29, 0.717) is 5.69 Å². The smallest absolute Gasteiger partial charge is 0.272 e. The van der Waals surface area contributed by atoms with Gasteiger partial charge in [-0.2, -0.15) is 5.10 Å². The highest BCUT2D eigenvalue weighted by molar-refractivity contribution is 5.92. The van der Waals surface area contributed by atoms with Crippen LogP contribution in [0.2, 0.25) is 0 Å². The molecule has 26 heavy (non-hydrogen) atoms. The van der Waals surface area contributed by atoms with Crippen LogP contribution >= 0.6 is 0 Å². The van der Waals surface area contributed by atoms with Crippen molar-refractivity contribution in [3.05, 3.63) is 60.4 Å². The summed E-state index contributed by atoms with van der Waals surface area (Å²) in [5.41, 5.74) is 1.70. The summed E-state index contributed by atoms with van der Waals surface area (Å²) in [6, 6.07) is 12.1. The second kappa shape index (κ2) is 7.11. The van der Waals surface area contributed by atoms with Gasteiger partial charge in [-0.25, -0.2) is 0 Å². The Morgan fingerprint density at radius 1 is 1.23 bits per heavy atom. The molecule has 7 heteroatoms. The largest absolute Gasteiger partial charge is 0.334 e. The van der Waals surface area contributed by atoms with E-state index in [-0.39, 0.29) is 11.9 Å². The van der Waals surface area contributed by atoms with Gasteiger partial charge in [0.1, 0.15) is 17.8 Å². The van der Waals surface area contributed by atoms with E-state index >= 15 is 0 Å². The molecule has 2 aromatic heterocycles. The number of rotatable bonds is 5. The van der Waals surface area contributed by atoms with Crippen LogP contribution in [-0.4, -0.2) is 47.9 Å². The van der Waals surface area contributed by atoms with E-state index in [2.05, 4.69) is 15.3 Å². The molecule has 1 aliphatic heterocycles. The first kappa shape index (κ1) is 16.5. The maximum atomic E-state index is 12.8. The summed E-state index contributed by atoms with van der Waals surface area (Å²) >= 11 is 0. The van der Waals surface area contributed by atoms with Crippen molar-refractivity contribution in [3.63, 3.8) is 0 Å². The maximum absolute atomic E-state index is 12.8. The van der Waals surface area contributed by atoms with Gasteiger partial charge >= 0.3 is 0 Å². The van der Waals surface area contributed by atoms with Crippen molar-refractivity contribution in [3.8, 4) is 5.69 Å². The van der Waals surface area contributed by atoms with Gasteiger partial charge in [-0.05, 0) is 37.5 Å². The average Bonchev–Trinajstić information content (AvgIpc) is 3.40. The van der Waals surface area contributed by atoms with E-state index in [0.717, 1.165) is 43.7 Å². The molecule has 0 aliphatic carbocycles.